The highest BCUT2D eigenvalue weighted by Crippen LogP contribution is 2.16. The summed E-state index contributed by atoms with van der Waals surface area (Å²) in [5.74, 6) is -1.66. The molecule has 0 unspecified atom stereocenters. The molecule has 0 amide bonds. The molecule has 0 aliphatic carbocycles. The number of carbonyl (C=O) groups excluding carboxylic acids is 2. The van der Waals surface area contributed by atoms with Gasteiger partial charge in [0.15, 0.2) is 5.92 Å². The molecule has 0 radical (unpaired) electrons. The number of hydrogen-bond acceptors (Lipinski definition) is 4. The van der Waals surface area contributed by atoms with E-state index in [4.69, 9.17) is 9.47 Å². The van der Waals surface area contributed by atoms with Crippen molar-refractivity contribution in [3.63, 3.8) is 0 Å². The second-order valence-electron chi connectivity index (χ2n) is 7.43. The van der Waals surface area contributed by atoms with Gasteiger partial charge in [0.2, 0.25) is 0 Å². The van der Waals surface area contributed by atoms with Crippen molar-refractivity contribution in [2.75, 3.05) is 13.2 Å². The molecule has 0 spiro atoms. The van der Waals surface area contributed by atoms with Crippen LogP contribution in [0.1, 0.15) is 104 Å². The Morgan fingerprint density at radius 3 is 1.66 bits per heavy atom. The van der Waals surface area contributed by atoms with Crippen LogP contribution in [0.3, 0.4) is 0 Å². The largest absolute Gasteiger partial charge is 0.465 e. The summed E-state index contributed by atoms with van der Waals surface area (Å²) in [7, 11) is 0. The van der Waals surface area contributed by atoms with E-state index < -0.39 is 17.9 Å². The van der Waals surface area contributed by atoms with E-state index in [1.54, 1.807) is 13.8 Å². The molecule has 0 fully saturated rings. The second kappa shape index (κ2) is 21.1. The third-order valence-corrected chi connectivity index (χ3v) is 4.84. The number of carbonyl (C=O) groups is 2. The molecule has 0 heterocycles. The first kappa shape index (κ1) is 27.4. The Kier molecular flexibility index (Phi) is 20.0. The fourth-order valence-corrected chi connectivity index (χ4v) is 3.15. The van der Waals surface area contributed by atoms with E-state index in [1.165, 1.54) is 44.9 Å². The van der Waals surface area contributed by atoms with Crippen molar-refractivity contribution in [2.24, 2.45) is 5.92 Å². The minimum Gasteiger partial charge on any atom is -0.465 e. The summed E-state index contributed by atoms with van der Waals surface area (Å²) in [4.78, 5) is 23.8. The molecular formula is C25H44O4. The quantitative estimate of drug-likeness (QED) is 0.101. The molecule has 4 heteroatoms. The van der Waals surface area contributed by atoms with Crippen molar-refractivity contribution < 1.29 is 19.1 Å². The predicted octanol–water partition coefficient (Wildman–Crippen LogP) is 6.93. The van der Waals surface area contributed by atoms with Crippen LogP contribution in [0.5, 0.6) is 0 Å². The summed E-state index contributed by atoms with van der Waals surface area (Å²) < 4.78 is 10.0. The Bertz CT molecular complexity index is 436. The summed E-state index contributed by atoms with van der Waals surface area (Å²) in [5.41, 5.74) is 0. The van der Waals surface area contributed by atoms with Crippen molar-refractivity contribution in [3.05, 3.63) is 24.3 Å². The van der Waals surface area contributed by atoms with Crippen LogP contribution in [-0.2, 0) is 19.1 Å². The minimum absolute atomic E-state index is 0.290. The van der Waals surface area contributed by atoms with Gasteiger partial charge in [0.05, 0.1) is 13.2 Å². The molecule has 0 aliphatic heterocycles. The van der Waals surface area contributed by atoms with Gasteiger partial charge in [-0.1, -0.05) is 76.2 Å². The standard InChI is InChI=1S/C25H44O4/c1-4-7-8-9-10-11-12-13-14-15-16-17-18-19-20-21-22-23(24(26)28-5-2)25(27)29-6-3/h10-11,13-14,23H,4-9,12,15-22H2,1-3H3/b11-10-,14-13-. The molecule has 0 aliphatic rings. The highest BCUT2D eigenvalue weighted by atomic mass is 16.6. The Morgan fingerprint density at radius 2 is 1.14 bits per heavy atom. The first-order valence-electron chi connectivity index (χ1n) is 11.8. The van der Waals surface area contributed by atoms with Crippen molar-refractivity contribution in [2.45, 2.75) is 104 Å². The highest BCUT2D eigenvalue weighted by molar-refractivity contribution is 5.94. The normalized spacial score (nSPS) is 11.6. The van der Waals surface area contributed by atoms with Crippen LogP contribution in [-0.4, -0.2) is 25.2 Å². The molecule has 0 rings (SSSR count). The van der Waals surface area contributed by atoms with Gasteiger partial charge in [0, 0.05) is 0 Å². The van der Waals surface area contributed by atoms with Crippen LogP contribution in [0.2, 0.25) is 0 Å². The van der Waals surface area contributed by atoms with E-state index in [0.29, 0.717) is 19.6 Å². The van der Waals surface area contributed by atoms with Gasteiger partial charge in [0.1, 0.15) is 0 Å². The van der Waals surface area contributed by atoms with Gasteiger partial charge in [0.25, 0.3) is 0 Å². The van der Waals surface area contributed by atoms with E-state index >= 15 is 0 Å². The molecular weight excluding hydrogens is 364 g/mol. The van der Waals surface area contributed by atoms with Gasteiger partial charge in [-0.3, -0.25) is 9.59 Å². The lowest BCUT2D eigenvalue weighted by atomic mass is 10.00. The maximum Gasteiger partial charge on any atom is 0.320 e. The zero-order valence-corrected chi connectivity index (χ0v) is 19.1. The molecule has 0 aromatic carbocycles. The molecule has 0 aromatic rings. The SMILES string of the molecule is CCCCC/C=C\C/C=C\CCCCCCCCC(C(=O)OCC)C(=O)OCC. The number of ether oxygens (including phenoxy) is 2. The fraction of sp³-hybridized carbons (Fsp3) is 0.760. The lowest BCUT2D eigenvalue weighted by molar-refractivity contribution is -0.161. The van der Waals surface area contributed by atoms with Gasteiger partial charge in [-0.05, 0) is 52.4 Å². The van der Waals surface area contributed by atoms with Gasteiger partial charge in [-0.2, -0.15) is 0 Å². The topological polar surface area (TPSA) is 52.6 Å². The molecule has 0 aromatic heterocycles. The van der Waals surface area contributed by atoms with Crippen molar-refractivity contribution >= 4 is 11.9 Å². The third kappa shape index (κ3) is 17.0. The van der Waals surface area contributed by atoms with Crippen molar-refractivity contribution in [1.29, 1.82) is 0 Å². The van der Waals surface area contributed by atoms with E-state index in [-0.39, 0.29) is 0 Å². The number of unbranched alkanes of at least 4 members (excludes halogenated alkanes) is 9. The number of esters is 2. The zero-order chi connectivity index (χ0) is 21.6. The van der Waals surface area contributed by atoms with E-state index in [2.05, 4.69) is 31.2 Å². The molecule has 0 saturated heterocycles. The summed E-state index contributed by atoms with van der Waals surface area (Å²) in [6.07, 6.45) is 23.7. The van der Waals surface area contributed by atoms with E-state index in [0.717, 1.165) is 32.1 Å². The monoisotopic (exact) mass is 408 g/mol. The maximum absolute atomic E-state index is 11.9. The average molecular weight is 409 g/mol. The summed E-state index contributed by atoms with van der Waals surface area (Å²) in [6, 6.07) is 0. The van der Waals surface area contributed by atoms with Crippen LogP contribution >= 0.6 is 0 Å². The van der Waals surface area contributed by atoms with E-state index in [9.17, 15) is 9.59 Å². The van der Waals surface area contributed by atoms with Gasteiger partial charge >= 0.3 is 11.9 Å². The number of hydrogen-bond donors (Lipinski definition) is 0. The molecule has 168 valence electrons. The highest BCUT2D eigenvalue weighted by Gasteiger charge is 2.28. The fourth-order valence-electron chi connectivity index (χ4n) is 3.15. The Balaban J connectivity index is 3.68. The van der Waals surface area contributed by atoms with Crippen LogP contribution in [0.25, 0.3) is 0 Å². The van der Waals surface area contributed by atoms with Gasteiger partial charge < -0.3 is 9.47 Å². The van der Waals surface area contributed by atoms with Gasteiger partial charge in [-0.15, -0.1) is 0 Å². The zero-order valence-electron chi connectivity index (χ0n) is 19.1. The molecule has 0 N–H and O–H groups in total. The molecule has 0 saturated carbocycles. The lowest BCUT2D eigenvalue weighted by Gasteiger charge is -2.14. The third-order valence-electron chi connectivity index (χ3n) is 4.84. The van der Waals surface area contributed by atoms with Crippen LogP contribution in [0, 0.1) is 5.92 Å². The lowest BCUT2D eigenvalue weighted by Crippen LogP contribution is -2.28. The van der Waals surface area contributed by atoms with Crippen LogP contribution < -0.4 is 0 Å². The van der Waals surface area contributed by atoms with Crippen molar-refractivity contribution in [1.82, 2.24) is 0 Å². The molecule has 0 bridgehead atoms. The maximum atomic E-state index is 11.9. The van der Waals surface area contributed by atoms with Gasteiger partial charge in [-0.25, -0.2) is 0 Å². The Hall–Kier alpha value is -1.58. The first-order valence-corrected chi connectivity index (χ1v) is 11.8. The molecule has 4 nitrogen and oxygen atoms in total. The first-order chi connectivity index (χ1) is 14.2. The summed E-state index contributed by atoms with van der Waals surface area (Å²) in [6.45, 7) is 6.32. The number of rotatable bonds is 19. The Morgan fingerprint density at radius 1 is 0.655 bits per heavy atom. The minimum atomic E-state index is -0.763. The Labute approximate surface area is 179 Å². The summed E-state index contributed by atoms with van der Waals surface area (Å²) in [5, 5.41) is 0. The van der Waals surface area contributed by atoms with Crippen molar-refractivity contribution in [3.8, 4) is 0 Å². The van der Waals surface area contributed by atoms with E-state index in [1.807, 2.05) is 0 Å². The number of allylic oxidation sites excluding steroid dienone is 4. The predicted molar refractivity (Wildman–Crippen MR) is 121 cm³/mol. The molecule has 0 atom stereocenters. The average Bonchev–Trinajstić information content (AvgIpc) is 2.70. The van der Waals surface area contributed by atoms with Crippen LogP contribution in [0.4, 0.5) is 0 Å². The summed E-state index contributed by atoms with van der Waals surface area (Å²) >= 11 is 0. The second-order valence-corrected chi connectivity index (χ2v) is 7.43. The molecule has 29 heavy (non-hydrogen) atoms. The smallest absolute Gasteiger partial charge is 0.320 e. The van der Waals surface area contributed by atoms with Crippen LogP contribution in [0.15, 0.2) is 24.3 Å².